The summed E-state index contributed by atoms with van der Waals surface area (Å²) in [4.78, 5) is 3.69. The first-order valence-corrected chi connectivity index (χ1v) is 4.12. The lowest BCUT2D eigenvalue weighted by atomic mass is 10.2. The molecule has 0 saturated carbocycles. The van der Waals surface area contributed by atoms with Gasteiger partial charge in [0.1, 0.15) is 0 Å². The molecule has 4 nitrogen and oxygen atoms in total. The number of rotatable bonds is 2. The lowest BCUT2D eigenvalue weighted by molar-refractivity contribution is 0.186. The van der Waals surface area contributed by atoms with Gasteiger partial charge in [0.15, 0.2) is 6.19 Å². The number of hydrogen-bond donors (Lipinski definition) is 1. The lowest BCUT2D eigenvalue weighted by Gasteiger charge is -2.21. The Balaban J connectivity index is 2.47. The molecule has 0 spiro atoms. The maximum atomic E-state index is 9.30. The second-order valence-electron chi connectivity index (χ2n) is 3.56. The molecule has 1 N–H and O–H groups in total. The highest BCUT2D eigenvalue weighted by atomic mass is 16.3. The van der Waals surface area contributed by atoms with Crippen LogP contribution in [0, 0.1) is 11.5 Å². The van der Waals surface area contributed by atoms with Crippen molar-refractivity contribution in [3.63, 3.8) is 0 Å². The summed E-state index contributed by atoms with van der Waals surface area (Å²) in [5, 5.41) is 18.0. The standard InChI is InChI=1S/C8H15N3O/c1-10(2)4-7-3-8(12)5-11(7)6-9/h7-8,12H,3-5H2,1-2H3. The molecule has 1 rings (SSSR count). The highest BCUT2D eigenvalue weighted by Gasteiger charge is 2.30. The van der Waals surface area contributed by atoms with E-state index in [2.05, 4.69) is 6.19 Å². The van der Waals surface area contributed by atoms with E-state index >= 15 is 0 Å². The van der Waals surface area contributed by atoms with Crippen molar-refractivity contribution in [1.82, 2.24) is 9.80 Å². The average molecular weight is 169 g/mol. The summed E-state index contributed by atoms with van der Waals surface area (Å²) in [5.41, 5.74) is 0. The van der Waals surface area contributed by atoms with Gasteiger partial charge >= 0.3 is 0 Å². The van der Waals surface area contributed by atoms with Crippen LogP contribution >= 0.6 is 0 Å². The van der Waals surface area contributed by atoms with Crippen LogP contribution in [-0.4, -0.2) is 54.2 Å². The minimum atomic E-state index is -0.324. The van der Waals surface area contributed by atoms with Crippen molar-refractivity contribution in [3.8, 4) is 6.19 Å². The molecular weight excluding hydrogens is 154 g/mol. The molecule has 0 amide bonds. The Morgan fingerprint density at radius 1 is 1.67 bits per heavy atom. The number of aliphatic hydroxyl groups is 1. The smallest absolute Gasteiger partial charge is 0.179 e. The summed E-state index contributed by atoms with van der Waals surface area (Å²) in [5.74, 6) is 0. The number of hydrogen-bond acceptors (Lipinski definition) is 4. The van der Waals surface area contributed by atoms with Crippen LogP contribution in [0.25, 0.3) is 0 Å². The number of nitrogens with zero attached hydrogens (tertiary/aromatic N) is 3. The first-order chi connectivity index (χ1) is 5.63. The first kappa shape index (κ1) is 9.30. The van der Waals surface area contributed by atoms with Crippen LogP contribution in [0.2, 0.25) is 0 Å². The van der Waals surface area contributed by atoms with E-state index in [1.165, 1.54) is 0 Å². The number of likely N-dealkylation sites (N-methyl/N-ethyl adjacent to an activating group) is 1. The molecule has 0 aromatic carbocycles. The highest BCUT2D eigenvalue weighted by Crippen LogP contribution is 2.16. The van der Waals surface area contributed by atoms with Crippen LogP contribution in [0.15, 0.2) is 0 Å². The molecule has 1 fully saturated rings. The fraction of sp³-hybridized carbons (Fsp3) is 0.875. The van der Waals surface area contributed by atoms with Gasteiger partial charge in [-0.15, -0.1) is 0 Å². The molecule has 1 aliphatic rings. The molecule has 1 saturated heterocycles. The summed E-state index contributed by atoms with van der Waals surface area (Å²) in [6, 6.07) is 0.194. The Bertz CT molecular complexity index is 187. The van der Waals surface area contributed by atoms with Gasteiger partial charge in [0.25, 0.3) is 0 Å². The Hall–Kier alpha value is -0.790. The van der Waals surface area contributed by atoms with E-state index in [4.69, 9.17) is 5.26 Å². The van der Waals surface area contributed by atoms with Gasteiger partial charge in [0.2, 0.25) is 0 Å². The van der Waals surface area contributed by atoms with E-state index in [9.17, 15) is 5.11 Å². The second kappa shape index (κ2) is 3.74. The van der Waals surface area contributed by atoms with Gasteiger partial charge in [-0.1, -0.05) is 0 Å². The van der Waals surface area contributed by atoms with Crippen molar-refractivity contribution in [1.29, 1.82) is 5.26 Å². The van der Waals surface area contributed by atoms with Crippen molar-refractivity contribution in [2.45, 2.75) is 18.6 Å². The molecule has 1 heterocycles. The van der Waals surface area contributed by atoms with E-state index in [1.807, 2.05) is 19.0 Å². The number of aliphatic hydroxyl groups excluding tert-OH is 1. The summed E-state index contributed by atoms with van der Waals surface area (Å²) >= 11 is 0. The summed E-state index contributed by atoms with van der Waals surface area (Å²) in [6.07, 6.45) is 2.49. The van der Waals surface area contributed by atoms with Crippen LogP contribution in [0.1, 0.15) is 6.42 Å². The zero-order valence-corrected chi connectivity index (χ0v) is 7.56. The van der Waals surface area contributed by atoms with Gasteiger partial charge in [0.05, 0.1) is 18.7 Å². The van der Waals surface area contributed by atoms with Crippen molar-refractivity contribution in [2.24, 2.45) is 0 Å². The van der Waals surface area contributed by atoms with Crippen molar-refractivity contribution < 1.29 is 5.11 Å². The van der Waals surface area contributed by atoms with Crippen LogP contribution in [-0.2, 0) is 0 Å². The average Bonchev–Trinajstić information content (AvgIpc) is 2.29. The van der Waals surface area contributed by atoms with Crippen LogP contribution in [0.5, 0.6) is 0 Å². The predicted molar refractivity (Wildman–Crippen MR) is 45.3 cm³/mol. The van der Waals surface area contributed by atoms with Crippen molar-refractivity contribution >= 4 is 0 Å². The van der Waals surface area contributed by atoms with Crippen molar-refractivity contribution in [2.75, 3.05) is 27.2 Å². The summed E-state index contributed by atoms with van der Waals surface area (Å²) in [6.45, 7) is 1.33. The SMILES string of the molecule is CN(C)CC1CC(O)CN1C#N. The highest BCUT2D eigenvalue weighted by molar-refractivity contribution is 4.93. The molecule has 0 bridgehead atoms. The number of nitriles is 1. The fourth-order valence-corrected chi connectivity index (χ4v) is 1.61. The van der Waals surface area contributed by atoms with Gasteiger partial charge in [-0.3, -0.25) is 0 Å². The molecule has 68 valence electrons. The Labute approximate surface area is 73.0 Å². The van der Waals surface area contributed by atoms with Crippen LogP contribution in [0.4, 0.5) is 0 Å². The summed E-state index contributed by atoms with van der Waals surface area (Å²) < 4.78 is 0. The van der Waals surface area contributed by atoms with E-state index in [0.29, 0.717) is 13.0 Å². The zero-order valence-electron chi connectivity index (χ0n) is 7.56. The lowest BCUT2D eigenvalue weighted by Crippen LogP contribution is -2.34. The zero-order chi connectivity index (χ0) is 9.14. The third-order valence-electron chi connectivity index (χ3n) is 2.10. The maximum absolute atomic E-state index is 9.30. The van der Waals surface area contributed by atoms with Gasteiger partial charge in [-0.2, -0.15) is 5.26 Å². The monoisotopic (exact) mass is 169 g/mol. The van der Waals surface area contributed by atoms with E-state index in [0.717, 1.165) is 6.54 Å². The predicted octanol–water partition coefficient (Wildman–Crippen LogP) is -0.536. The second-order valence-corrected chi connectivity index (χ2v) is 3.56. The molecule has 12 heavy (non-hydrogen) atoms. The van der Waals surface area contributed by atoms with Gasteiger partial charge in [-0.05, 0) is 20.5 Å². The normalized spacial score (nSPS) is 29.4. The molecule has 2 unspecified atom stereocenters. The molecule has 0 aliphatic carbocycles. The Kier molecular flexibility index (Phi) is 2.90. The first-order valence-electron chi connectivity index (χ1n) is 4.12. The van der Waals surface area contributed by atoms with Gasteiger partial charge < -0.3 is 14.9 Å². The third-order valence-corrected chi connectivity index (χ3v) is 2.10. The van der Waals surface area contributed by atoms with Crippen LogP contribution < -0.4 is 0 Å². The topological polar surface area (TPSA) is 50.5 Å². The molecule has 4 heteroatoms. The van der Waals surface area contributed by atoms with Crippen LogP contribution in [0.3, 0.4) is 0 Å². The van der Waals surface area contributed by atoms with Gasteiger partial charge in [-0.25, -0.2) is 0 Å². The Morgan fingerprint density at radius 3 is 2.83 bits per heavy atom. The molecule has 1 aliphatic heterocycles. The van der Waals surface area contributed by atoms with Crippen molar-refractivity contribution in [3.05, 3.63) is 0 Å². The van der Waals surface area contributed by atoms with E-state index < -0.39 is 0 Å². The fourth-order valence-electron chi connectivity index (χ4n) is 1.61. The summed E-state index contributed by atoms with van der Waals surface area (Å²) in [7, 11) is 3.94. The largest absolute Gasteiger partial charge is 0.391 e. The maximum Gasteiger partial charge on any atom is 0.179 e. The number of β-amino-alcohol motifs (C(OH)–C–C–N with tert-alkyl or cyclic N) is 1. The third kappa shape index (κ3) is 2.10. The molecule has 2 atom stereocenters. The molecule has 0 aromatic heterocycles. The Morgan fingerprint density at radius 2 is 2.33 bits per heavy atom. The van der Waals surface area contributed by atoms with Gasteiger partial charge in [0, 0.05) is 6.54 Å². The van der Waals surface area contributed by atoms with E-state index in [-0.39, 0.29) is 12.1 Å². The molecular formula is C8H15N3O. The quantitative estimate of drug-likeness (QED) is 0.564. The minimum Gasteiger partial charge on any atom is -0.391 e. The minimum absolute atomic E-state index is 0.194. The van der Waals surface area contributed by atoms with E-state index in [1.54, 1.807) is 4.90 Å². The molecule has 0 aromatic rings. The number of likely N-dealkylation sites (tertiary alicyclic amines) is 1. The molecule has 0 radical (unpaired) electrons.